The van der Waals surface area contributed by atoms with Crippen molar-refractivity contribution in [3.8, 4) is 0 Å². The number of aryl methyl sites for hydroxylation is 2. The van der Waals surface area contributed by atoms with Gasteiger partial charge in [0.15, 0.2) is 0 Å². The fourth-order valence-corrected chi connectivity index (χ4v) is 2.82. The van der Waals surface area contributed by atoms with Gasteiger partial charge < -0.3 is 10.2 Å². The molecule has 1 fully saturated rings. The molecule has 1 unspecified atom stereocenters. The summed E-state index contributed by atoms with van der Waals surface area (Å²) >= 11 is 0. The zero-order chi connectivity index (χ0) is 13.0. The van der Waals surface area contributed by atoms with E-state index in [9.17, 15) is 0 Å². The number of hydrogen-bond acceptors (Lipinski definition) is 2. The molecule has 0 aromatic heterocycles. The summed E-state index contributed by atoms with van der Waals surface area (Å²) < 4.78 is 0. The molecule has 1 heterocycles. The number of anilines is 1. The first-order valence-electron chi connectivity index (χ1n) is 7.18. The van der Waals surface area contributed by atoms with Crippen LogP contribution in [0.25, 0.3) is 0 Å². The predicted molar refractivity (Wildman–Crippen MR) is 79.4 cm³/mol. The fraction of sp³-hybridized carbons (Fsp3) is 0.625. The van der Waals surface area contributed by atoms with Crippen LogP contribution in [0.3, 0.4) is 0 Å². The van der Waals surface area contributed by atoms with E-state index in [4.69, 9.17) is 0 Å². The molecule has 1 aliphatic rings. The molecule has 0 saturated carbocycles. The van der Waals surface area contributed by atoms with E-state index in [2.05, 4.69) is 49.3 Å². The van der Waals surface area contributed by atoms with Crippen molar-refractivity contribution in [1.29, 1.82) is 0 Å². The van der Waals surface area contributed by atoms with E-state index in [1.54, 1.807) is 0 Å². The second-order valence-corrected chi connectivity index (χ2v) is 5.70. The van der Waals surface area contributed by atoms with E-state index >= 15 is 0 Å². The van der Waals surface area contributed by atoms with E-state index in [-0.39, 0.29) is 0 Å². The van der Waals surface area contributed by atoms with Gasteiger partial charge in [0.05, 0.1) is 0 Å². The molecule has 0 spiro atoms. The van der Waals surface area contributed by atoms with Crippen LogP contribution < -0.4 is 10.2 Å². The Morgan fingerprint density at radius 3 is 2.50 bits per heavy atom. The summed E-state index contributed by atoms with van der Waals surface area (Å²) in [6.45, 7) is 6.69. The molecule has 100 valence electrons. The lowest BCUT2D eigenvalue weighted by Crippen LogP contribution is -2.36. The van der Waals surface area contributed by atoms with Crippen molar-refractivity contribution < 1.29 is 0 Å². The van der Waals surface area contributed by atoms with Gasteiger partial charge in [-0.15, -0.1) is 0 Å². The lowest BCUT2D eigenvalue weighted by molar-refractivity contribution is 0.384. The third-order valence-electron chi connectivity index (χ3n) is 3.87. The minimum Gasteiger partial charge on any atom is -0.375 e. The Kier molecular flexibility index (Phi) is 4.65. The van der Waals surface area contributed by atoms with Gasteiger partial charge >= 0.3 is 0 Å². The van der Waals surface area contributed by atoms with Crippen molar-refractivity contribution in [3.05, 3.63) is 29.3 Å². The summed E-state index contributed by atoms with van der Waals surface area (Å²) in [6.07, 6.45) is 5.35. The van der Waals surface area contributed by atoms with E-state index in [0.29, 0.717) is 0 Å². The summed E-state index contributed by atoms with van der Waals surface area (Å²) in [7, 11) is 2.21. The maximum Gasteiger partial charge on any atom is 0.0368 e. The lowest BCUT2D eigenvalue weighted by atomic mass is 10.0. The molecule has 1 saturated heterocycles. The van der Waals surface area contributed by atoms with Crippen LogP contribution in [0.15, 0.2) is 18.2 Å². The molecule has 1 atom stereocenters. The molecule has 0 amide bonds. The number of piperidine rings is 1. The SMILES string of the molecule is Cc1cc(C)cc(N(C)CCC2CCCCN2)c1. The van der Waals surface area contributed by atoms with E-state index in [1.807, 2.05) is 0 Å². The molecule has 0 radical (unpaired) electrons. The number of hydrogen-bond donors (Lipinski definition) is 1. The summed E-state index contributed by atoms with van der Waals surface area (Å²) in [5.41, 5.74) is 4.06. The average molecular weight is 246 g/mol. The van der Waals surface area contributed by atoms with Gasteiger partial charge in [-0.05, 0) is 62.9 Å². The Bertz CT molecular complexity index is 360. The van der Waals surface area contributed by atoms with Crippen molar-refractivity contribution in [2.45, 2.75) is 45.6 Å². The van der Waals surface area contributed by atoms with E-state index in [1.165, 1.54) is 49.0 Å². The first-order valence-corrected chi connectivity index (χ1v) is 7.18. The molecule has 0 aliphatic carbocycles. The summed E-state index contributed by atoms with van der Waals surface area (Å²) in [6, 6.07) is 7.52. The molecule has 2 rings (SSSR count). The quantitative estimate of drug-likeness (QED) is 0.877. The van der Waals surface area contributed by atoms with Crippen molar-refractivity contribution in [1.82, 2.24) is 5.32 Å². The zero-order valence-corrected chi connectivity index (χ0v) is 12.0. The van der Waals surface area contributed by atoms with Crippen LogP contribution in [-0.4, -0.2) is 26.2 Å². The topological polar surface area (TPSA) is 15.3 Å². The second kappa shape index (κ2) is 6.24. The van der Waals surface area contributed by atoms with Crippen LogP contribution in [0.1, 0.15) is 36.8 Å². The Balaban J connectivity index is 1.88. The first kappa shape index (κ1) is 13.4. The maximum absolute atomic E-state index is 3.62. The Morgan fingerprint density at radius 2 is 1.89 bits per heavy atom. The average Bonchev–Trinajstić information content (AvgIpc) is 2.36. The summed E-state index contributed by atoms with van der Waals surface area (Å²) in [5, 5.41) is 3.62. The van der Waals surface area contributed by atoms with E-state index < -0.39 is 0 Å². The van der Waals surface area contributed by atoms with Gasteiger partial charge in [-0.2, -0.15) is 0 Å². The van der Waals surface area contributed by atoms with Crippen molar-refractivity contribution in [2.24, 2.45) is 0 Å². The highest BCUT2D eigenvalue weighted by atomic mass is 15.1. The molecule has 1 aliphatic heterocycles. The molecular formula is C16H26N2. The van der Waals surface area contributed by atoms with Crippen LogP contribution in [0.4, 0.5) is 5.69 Å². The van der Waals surface area contributed by atoms with Crippen LogP contribution in [0, 0.1) is 13.8 Å². The monoisotopic (exact) mass is 246 g/mol. The normalized spacial score (nSPS) is 19.8. The molecule has 1 aromatic carbocycles. The van der Waals surface area contributed by atoms with Gasteiger partial charge in [0.2, 0.25) is 0 Å². The number of nitrogens with zero attached hydrogens (tertiary/aromatic N) is 1. The standard InChI is InChI=1S/C16H26N2/c1-13-10-14(2)12-16(11-13)18(3)9-7-15-6-4-5-8-17-15/h10-12,15,17H,4-9H2,1-3H3. The fourth-order valence-electron chi connectivity index (χ4n) is 2.82. The van der Waals surface area contributed by atoms with Crippen LogP contribution in [-0.2, 0) is 0 Å². The number of benzene rings is 1. The first-order chi connectivity index (χ1) is 8.65. The minimum atomic E-state index is 0.729. The van der Waals surface area contributed by atoms with Crippen molar-refractivity contribution >= 4 is 5.69 Å². The Labute approximate surface area is 111 Å². The Hall–Kier alpha value is -1.02. The van der Waals surface area contributed by atoms with E-state index in [0.717, 1.165) is 12.6 Å². The van der Waals surface area contributed by atoms with Gasteiger partial charge in [-0.3, -0.25) is 0 Å². The molecule has 0 bridgehead atoms. The minimum absolute atomic E-state index is 0.729. The molecular weight excluding hydrogens is 220 g/mol. The highest BCUT2D eigenvalue weighted by Gasteiger charge is 2.13. The molecule has 1 aromatic rings. The largest absolute Gasteiger partial charge is 0.375 e. The van der Waals surface area contributed by atoms with Gasteiger partial charge in [-0.25, -0.2) is 0 Å². The number of nitrogens with one attached hydrogen (secondary N) is 1. The smallest absolute Gasteiger partial charge is 0.0368 e. The van der Waals surface area contributed by atoms with Gasteiger partial charge in [-0.1, -0.05) is 12.5 Å². The zero-order valence-electron chi connectivity index (χ0n) is 12.0. The van der Waals surface area contributed by atoms with Crippen LogP contribution >= 0.6 is 0 Å². The summed E-state index contributed by atoms with van der Waals surface area (Å²) in [5.74, 6) is 0. The third kappa shape index (κ3) is 3.74. The van der Waals surface area contributed by atoms with Crippen LogP contribution in [0.5, 0.6) is 0 Å². The van der Waals surface area contributed by atoms with Gasteiger partial charge in [0.25, 0.3) is 0 Å². The molecule has 18 heavy (non-hydrogen) atoms. The van der Waals surface area contributed by atoms with Crippen molar-refractivity contribution in [2.75, 3.05) is 25.0 Å². The van der Waals surface area contributed by atoms with Crippen LogP contribution in [0.2, 0.25) is 0 Å². The molecule has 1 N–H and O–H groups in total. The van der Waals surface area contributed by atoms with Crippen molar-refractivity contribution in [3.63, 3.8) is 0 Å². The molecule has 2 nitrogen and oxygen atoms in total. The maximum atomic E-state index is 3.62. The van der Waals surface area contributed by atoms with Gasteiger partial charge in [0, 0.05) is 25.3 Å². The highest BCUT2D eigenvalue weighted by Crippen LogP contribution is 2.19. The third-order valence-corrected chi connectivity index (χ3v) is 3.87. The molecule has 2 heteroatoms. The highest BCUT2D eigenvalue weighted by molar-refractivity contribution is 5.50. The predicted octanol–water partition coefficient (Wildman–Crippen LogP) is 3.27. The summed E-state index contributed by atoms with van der Waals surface area (Å²) in [4.78, 5) is 2.39. The lowest BCUT2D eigenvalue weighted by Gasteiger charge is -2.27. The second-order valence-electron chi connectivity index (χ2n) is 5.70. The Morgan fingerprint density at radius 1 is 1.17 bits per heavy atom. The van der Waals surface area contributed by atoms with Gasteiger partial charge in [0.1, 0.15) is 0 Å². The number of rotatable bonds is 4.